The van der Waals surface area contributed by atoms with E-state index in [9.17, 15) is 9.18 Å². The monoisotopic (exact) mass is 263 g/mol. The van der Waals surface area contributed by atoms with Gasteiger partial charge in [-0.3, -0.25) is 0 Å². The lowest BCUT2D eigenvalue weighted by Gasteiger charge is -2.09. The van der Waals surface area contributed by atoms with E-state index < -0.39 is 11.8 Å². The van der Waals surface area contributed by atoms with Crippen molar-refractivity contribution >= 4 is 27.6 Å². The van der Waals surface area contributed by atoms with Crippen molar-refractivity contribution < 1.29 is 19.0 Å². The summed E-state index contributed by atoms with van der Waals surface area (Å²) in [6.45, 7) is 0. The van der Waals surface area contributed by atoms with Crippen LogP contribution in [0.2, 0.25) is 0 Å². The van der Waals surface area contributed by atoms with E-state index in [0.717, 1.165) is 6.07 Å². The molecule has 0 radical (unpaired) electrons. The highest BCUT2D eigenvalue weighted by molar-refractivity contribution is 9.10. The molecule has 76 valence electrons. The first-order chi connectivity index (χ1) is 6.49. The van der Waals surface area contributed by atoms with Crippen LogP contribution in [0.4, 0.5) is 10.1 Å². The van der Waals surface area contributed by atoms with Gasteiger partial charge in [0, 0.05) is 0 Å². The van der Waals surface area contributed by atoms with Gasteiger partial charge in [-0.2, -0.15) is 0 Å². The topological polar surface area (TPSA) is 72.5 Å². The maximum atomic E-state index is 13.2. The second kappa shape index (κ2) is 3.83. The molecular formula is C8H7BrFNO3. The van der Waals surface area contributed by atoms with Crippen LogP contribution in [0.25, 0.3) is 0 Å². The molecular weight excluding hydrogens is 257 g/mol. The number of carboxylic acid groups (broad SMARTS) is 1. The van der Waals surface area contributed by atoms with E-state index in [1.54, 1.807) is 0 Å². The van der Waals surface area contributed by atoms with Gasteiger partial charge in [0.05, 0.1) is 17.3 Å². The molecule has 0 aromatic heterocycles. The molecule has 0 saturated heterocycles. The third-order valence-corrected chi connectivity index (χ3v) is 2.33. The van der Waals surface area contributed by atoms with Crippen LogP contribution in [0.15, 0.2) is 10.5 Å². The number of hydrogen-bond acceptors (Lipinski definition) is 3. The van der Waals surface area contributed by atoms with Crippen molar-refractivity contribution in [3.63, 3.8) is 0 Å². The Balaban J connectivity index is 3.51. The Hall–Kier alpha value is -1.30. The zero-order valence-corrected chi connectivity index (χ0v) is 8.76. The highest BCUT2D eigenvalue weighted by Gasteiger charge is 2.19. The first-order valence-electron chi connectivity index (χ1n) is 3.53. The number of anilines is 1. The molecule has 6 heteroatoms. The van der Waals surface area contributed by atoms with Crippen molar-refractivity contribution in [2.75, 3.05) is 12.8 Å². The minimum absolute atomic E-state index is 0.0794. The van der Waals surface area contributed by atoms with E-state index in [0.29, 0.717) is 0 Å². The molecule has 0 atom stereocenters. The molecule has 0 aliphatic heterocycles. The van der Waals surface area contributed by atoms with Gasteiger partial charge < -0.3 is 15.6 Å². The van der Waals surface area contributed by atoms with Gasteiger partial charge in [0.15, 0.2) is 11.6 Å². The summed E-state index contributed by atoms with van der Waals surface area (Å²) in [7, 11) is 1.25. The molecule has 0 aliphatic carbocycles. The Morgan fingerprint density at radius 2 is 2.29 bits per heavy atom. The average Bonchev–Trinajstić information content (AvgIpc) is 2.13. The van der Waals surface area contributed by atoms with E-state index >= 15 is 0 Å². The van der Waals surface area contributed by atoms with E-state index in [2.05, 4.69) is 15.9 Å². The number of nitrogens with two attached hydrogens (primary N) is 1. The summed E-state index contributed by atoms with van der Waals surface area (Å²) < 4.78 is 17.8. The Bertz CT molecular complexity index is 395. The van der Waals surface area contributed by atoms with Crippen LogP contribution in [-0.4, -0.2) is 18.2 Å². The van der Waals surface area contributed by atoms with Gasteiger partial charge in [-0.15, -0.1) is 0 Å². The molecule has 1 aromatic carbocycles. The summed E-state index contributed by atoms with van der Waals surface area (Å²) in [4.78, 5) is 10.7. The molecule has 0 saturated carbocycles. The van der Waals surface area contributed by atoms with Gasteiger partial charge in [0.1, 0.15) is 5.56 Å². The molecule has 0 spiro atoms. The summed E-state index contributed by atoms with van der Waals surface area (Å²) in [6.07, 6.45) is 0. The Kier molecular flexibility index (Phi) is 2.95. The van der Waals surface area contributed by atoms with Crippen molar-refractivity contribution in [1.82, 2.24) is 0 Å². The molecule has 0 amide bonds. The number of rotatable bonds is 2. The van der Waals surface area contributed by atoms with Crippen LogP contribution in [0, 0.1) is 5.82 Å². The average molecular weight is 264 g/mol. The number of aromatic carboxylic acids is 1. The van der Waals surface area contributed by atoms with Crippen molar-refractivity contribution in [2.24, 2.45) is 0 Å². The maximum Gasteiger partial charge on any atom is 0.339 e. The zero-order valence-electron chi connectivity index (χ0n) is 7.17. The van der Waals surface area contributed by atoms with Crippen LogP contribution >= 0.6 is 15.9 Å². The molecule has 14 heavy (non-hydrogen) atoms. The number of halogens is 2. The van der Waals surface area contributed by atoms with E-state index in [1.165, 1.54) is 7.11 Å². The number of nitrogen functional groups attached to an aromatic ring is 1. The van der Waals surface area contributed by atoms with Gasteiger partial charge in [0.25, 0.3) is 0 Å². The van der Waals surface area contributed by atoms with Crippen LogP contribution in [0.5, 0.6) is 5.75 Å². The molecule has 1 aromatic rings. The molecule has 1 rings (SSSR count). The van der Waals surface area contributed by atoms with Gasteiger partial charge in [-0.05, 0) is 22.0 Å². The summed E-state index contributed by atoms with van der Waals surface area (Å²) in [5, 5.41) is 8.76. The summed E-state index contributed by atoms with van der Waals surface area (Å²) in [5.41, 5.74) is 4.84. The normalized spacial score (nSPS) is 9.93. The third kappa shape index (κ3) is 1.65. The number of benzene rings is 1. The predicted octanol–water partition coefficient (Wildman–Crippen LogP) is 1.88. The Morgan fingerprint density at radius 1 is 1.71 bits per heavy atom. The molecule has 0 fully saturated rings. The second-order valence-corrected chi connectivity index (χ2v) is 3.27. The van der Waals surface area contributed by atoms with Crippen molar-refractivity contribution in [2.45, 2.75) is 0 Å². The maximum absolute atomic E-state index is 13.2. The van der Waals surface area contributed by atoms with Gasteiger partial charge in [0.2, 0.25) is 0 Å². The van der Waals surface area contributed by atoms with Gasteiger partial charge in [-0.25, -0.2) is 9.18 Å². The van der Waals surface area contributed by atoms with Crippen LogP contribution in [0.1, 0.15) is 10.4 Å². The zero-order chi connectivity index (χ0) is 10.9. The molecule has 0 heterocycles. The van der Waals surface area contributed by atoms with E-state index in [-0.39, 0.29) is 21.5 Å². The first kappa shape index (κ1) is 10.8. The number of ether oxygens (including phenoxy) is 1. The standard InChI is InChI=1S/C8H7BrFNO3/c1-14-7-3(8(12)13)2-4(11)6(10)5(7)9/h2H,11H2,1H3,(H,12,13). The summed E-state index contributed by atoms with van der Waals surface area (Å²) in [6, 6.07) is 1.02. The second-order valence-electron chi connectivity index (χ2n) is 2.48. The lowest BCUT2D eigenvalue weighted by Crippen LogP contribution is -2.05. The molecule has 4 nitrogen and oxygen atoms in total. The minimum atomic E-state index is -1.23. The van der Waals surface area contributed by atoms with Crippen LogP contribution in [0.3, 0.4) is 0 Å². The van der Waals surface area contributed by atoms with E-state index in [4.69, 9.17) is 15.6 Å². The van der Waals surface area contributed by atoms with E-state index in [1.807, 2.05) is 0 Å². The molecule has 0 aliphatic rings. The third-order valence-electron chi connectivity index (χ3n) is 1.62. The minimum Gasteiger partial charge on any atom is -0.495 e. The molecule has 0 unspecified atom stereocenters. The fraction of sp³-hybridized carbons (Fsp3) is 0.125. The number of methoxy groups -OCH3 is 1. The SMILES string of the molecule is COc1c(C(=O)O)cc(N)c(F)c1Br. The number of hydrogen-bond donors (Lipinski definition) is 2. The summed E-state index contributed by atoms with van der Waals surface area (Å²) >= 11 is 2.87. The molecule has 3 N–H and O–H groups in total. The largest absolute Gasteiger partial charge is 0.495 e. The van der Waals surface area contributed by atoms with Crippen molar-refractivity contribution in [1.29, 1.82) is 0 Å². The lowest BCUT2D eigenvalue weighted by molar-refractivity contribution is 0.0693. The lowest BCUT2D eigenvalue weighted by atomic mass is 10.1. The fourth-order valence-corrected chi connectivity index (χ4v) is 1.59. The van der Waals surface area contributed by atoms with Gasteiger partial charge >= 0.3 is 5.97 Å². The quantitative estimate of drug-likeness (QED) is 0.800. The molecule has 0 bridgehead atoms. The summed E-state index contributed by atoms with van der Waals surface area (Å²) in [5.74, 6) is -2.04. The number of carbonyl (C=O) groups is 1. The van der Waals surface area contributed by atoms with Crippen LogP contribution in [-0.2, 0) is 0 Å². The smallest absolute Gasteiger partial charge is 0.339 e. The van der Waals surface area contributed by atoms with Crippen LogP contribution < -0.4 is 10.5 Å². The Labute approximate surface area is 87.6 Å². The van der Waals surface area contributed by atoms with Gasteiger partial charge in [-0.1, -0.05) is 0 Å². The predicted molar refractivity (Wildman–Crippen MR) is 52.0 cm³/mol. The highest BCUT2D eigenvalue weighted by atomic mass is 79.9. The Morgan fingerprint density at radius 3 is 2.71 bits per heavy atom. The first-order valence-corrected chi connectivity index (χ1v) is 4.33. The van der Waals surface area contributed by atoms with Crippen molar-refractivity contribution in [3.8, 4) is 5.75 Å². The highest BCUT2D eigenvalue weighted by Crippen LogP contribution is 2.34. The fourth-order valence-electron chi connectivity index (χ4n) is 0.987. The van der Waals surface area contributed by atoms with Crippen molar-refractivity contribution in [3.05, 3.63) is 21.9 Å². The number of carboxylic acids is 1.